The van der Waals surface area contributed by atoms with Gasteiger partial charge in [-0.3, -0.25) is 0 Å². The molecule has 0 aliphatic carbocycles. The van der Waals surface area contributed by atoms with Crippen LogP contribution in [0.4, 0.5) is 0 Å². The SMILES string of the molecule is CCC(O)c1cc(C(C)(C)C)ccc1OCC(C)C. The van der Waals surface area contributed by atoms with Gasteiger partial charge < -0.3 is 9.84 Å². The van der Waals surface area contributed by atoms with E-state index >= 15 is 0 Å². The van der Waals surface area contributed by atoms with Crippen molar-refractivity contribution >= 4 is 0 Å². The van der Waals surface area contributed by atoms with Gasteiger partial charge in [-0.05, 0) is 35.4 Å². The summed E-state index contributed by atoms with van der Waals surface area (Å²) in [5, 5.41) is 10.2. The maximum Gasteiger partial charge on any atom is 0.125 e. The first kappa shape index (κ1) is 16.0. The second-order valence-corrected chi connectivity index (χ2v) is 6.63. The van der Waals surface area contributed by atoms with Gasteiger partial charge in [-0.15, -0.1) is 0 Å². The van der Waals surface area contributed by atoms with E-state index in [-0.39, 0.29) is 5.41 Å². The van der Waals surface area contributed by atoms with Crippen molar-refractivity contribution in [2.45, 2.75) is 59.5 Å². The van der Waals surface area contributed by atoms with E-state index in [4.69, 9.17) is 4.74 Å². The highest BCUT2D eigenvalue weighted by molar-refractivity contribution is 5.41. The smallest absolute Gasteiger partial charge is 0.125 e. The zero-order chi connectivity index (χ0) is 14.6. The van der Waals surface area contributed by atoms with Gasteiger partial charge in [-0.1, -0.05) is 47.6 Å². The molecular weight excluding hydrogens is 236 g/mol. The van der Waals surface area contributed by atoms with Gasteiger partial charge >= 0.3 is 0 Å². The van der Waals surface area contributed by atoms with Crippen LogP contribution in [0.15, 0.2) is 18.2 Å². The maximum atomic E-state index is 10.2. The van der Waals surface area contributed by atoms with Crippen molar-refractivity contribution in [3.8, 4) is 5.75 Å². The predicted octanol–water partition coefficient (Wildman–Crippen LogP) is 4.46. The number of hydrogen-bond donors (Lipinski definition) is 1. The Bertz CT molecular complexity index is 402. The fourth-order valence-corrected chi connectivity index (χ4v) is 1.88. The van der Waals surface area contributed by atoms with Crippen LogP contribution in [0, 0.1) is 5.92 Å². The summed E-state index contributed by atoms with van der Waals surface area (Å²) < 4.78 is 5.83. The van der Waals surface area contributed by atoms with E-state index < -0.39 is 6.10 Å². The molecule has 0 fully saturated rings. The van der Waals surface area contributed by atoms with E-state index in [9.17, 15) is 5.11 Å². The lowest BCUT2D eigenvalue weighted by molar-refractivity contribution is 0.165. The lowest BCUT2D eigenvalue weighted by Gasteiger charge is -2.23. The fraction of sp³-hybridized carbons (Fsp3) is 0.647. The fourth-order valence-electron chi connectivity index (χ4n) is 1.88. The number of aliphatic hydroxyl groups excluding tert-OH is 1. The summed E-state index contributed by atoms with van der Waals surface area (Å²) in [6, 6.07) is 6.18. The highest BCUT2D eigenvalue weighted by Crippen LogP contribution is 2.33. The highest BCUT2D eigenvalue weighted by Gasteiger charge is 2.19. The first-order chi connectivity index (χ1) is 8.75. The molecule has 0 aliphatic rings. The monoisotopic (exact) mass is 264 g/mol. The average molecular weight is 264 g/mol. The molecule has 108 valence electrons. The van der Waals surface area contributed by atoms with E-state index in [1.807, 2.05) is 13.0 Å². The van der Waals surface area contributed by atoms with E-state index in [1.165, 1.54) is 5.56 Å². The minimum atomic E-state index is -0.454. The summed E-state index contributed by atoms with van der Waals surface area (Å²) >= 11 is 0. The molecule has 0 saturated heterocycles. The number of hydrogen-bond acceptors (Lipinski definition) is 2. The van der Waals surface area contributed by atoms with E-state index in [0.717, 1.165) is 11.3 Å². The first-order valence-corrected chi connectivity index (χ1v) is 7.21. The Morgan fingerprint density at radius 3 is 2.32 bits per heavy atom. The van der Waals surface area contributed by atoms with Crippen LogP contribution in [0.25, 0.3) is 0 Å². The van der Waals surface area contributed by atoms with E-state index in [0.29, 0.717) is 18.9 Å². The molecule has 0 aromatic heterocycles. The van der Waals surface area contributed by atoms with Crippen molar-refractivity contribution < 1.29 is 9.84 Å². The lowest BCUT2D eigenvalue weighted by Crippen LogP contribution is -2.13. The standard InChI is InChI=1S/C17H28O2/c1-7-15(18)14-10-13(17(4,5)6)8-9-16(14)19-11-12(2)3/h8-10,12,15,18H,7,11H2,1-6H3. The Morgan fingerprint density at radius 1 is 1.21 bits per heavy atom. The summed E-state index contributed by atoms with van der Waals surface area (Å²) in [6.45, 7) is 13.5. The van der Waals surface area contributed by atoms with Crippen molar-refractivity contribution in [3.63, 3.8) is 0 Å². The predicted molar refractivity (Wildman–Crippen MR) is 80.7 cm³/mol. The van der Waals surface area contributed by atoms with Crippen LogP contribution >= 0.6 is 0 Å². The molecule has 1 rings (SSSR count). The summed E-state index contributed by atoms with van der Waals surface area (Å²) in [5.74, 6) is 1.30. The maximum absolute atomic E-state index is 10.2. The van der Waals surface area contributed by atoms with E-state index in [2.05, 4.69) is 46.8 Å². The topological polar surface area (TPSA) is 29.5 Å². The van der Waals surface area contributed by atoms with Crippen molar-refractivity contribution in [1.82, 2.24) is 0 Å². The molecule has 19 heavy (non-hydrogen) atoms. The molecule has 2 nitrogen and oxygen atoms in total. The van der Waals surface area contributed by atoms with Gasteiger partial charge in [0.2, 0.25) is 0 Å². The minimum absolute atomic E-state index is 0.0821. The molecule has 0 spiro atoms. The molecule has 0 saturated carbocycles. The van der Waals surface area contributed by atoms with E-state index in [1.54, 1.807) is 0 Å². The van der Waals surface area contributed by atoms with Gasteiger partial charge in [0.15, 0.2) is 0 Å². The van der Waals surface area contributed by atoms with Crippen molar-refractivity contribution in [2.24, 2.45) is 5.92 Å². The van der Waals surface area contributed by atoms with Crippen LogP contribution in [0.1, 0.15) is 65.2 Å². The van der Waals surface area contributed by atoms with Crippen LogP contribution in [-0.2, 0) is 5.41 Å². The van der Waals surface area contributed by atoms with Gasteiger partial charge in [-0.25, -0.2) is 0 Å². The first-order valence-electron chi connectivity index (χ1n) is 7.21. The molecule has 0 aliphatic heterocycles. The molecule has 1 aromatic carbocycles. The summed E-state index contributed by atoms with van der Waals surface area (Å²) in [4.78, 5) is 0. The van der Waals surface area contributed by atoms with Crippen LogP contribution in [0.2, 0.25) is 0 Å². The lowest BCUT2D eigenvalue weighted by atomic mass is 9.85. The summed E-state index contributed by atoms with van der Waals surface area (Å²) in [7, 11) is 0. The quantitative estimate of drug-likeness (QED) is 0.850. The van der Waals surface area contributed by atoms with Gasteiger partial charge in [0, 0.05) is 5.56 Å². The van der Waals surface area contributed by atoms with Crippen molar-refractivity contribution in [1.29, 1.82) is 0 Å². The molecule has 0 heterocycles. The third kappa shape index (κ3) is 4.54. The third-order valence-electron chi connectivity index (χ3n) is 3.19. The van der Waals surface area contributed by atoms with Gasteiger partial charge in [-0.2, -0.15) is 0 Å². The van der Waals surface area contributed by atoms with Crippen LogP contribution in [0.3, 0.4) is 0 Å². The highest BCUT2D eigenvalue weighted by atomic mass is 16.5. The number of rotatable bonds is 5. The second kappa shape index (κ2) is 6.42. The number of ether oxygens (including phenoxy) is 1. The number of aliphatic hydroxyl groups is 1. The minimum Gasteiger partial charge on any atom is -0.493 e. The average Bonchev–Trinajstić information content (AvgIpc) is 2.34. The Hall–Kier alpha value is -1.02. The molecule has 2 heteroatoms. The van der Waals surface area contributed by atoms with Crippen molar-refractivity contribution in [2.75, 3.05) is 6.61 Å². The molecule has 1 atom stereocenters. The van der Waals surface area contributed by atoms with Gasteiger partial charge in [0.25, 0.3) is 0 Å². The van der Waals surface area contributed by atoms with Crippen LogP contribution in [-0.4, -0.2) is 11.7 Å². The Kier molecular flexibility index (Phi) is 5.42. The van der Waals surface area contributed by atoms with Gasteiger partial charge in [0.05, 0.1) is 12.7 Å². The zero-order valence-corrected chi connectivity index (χ0v) is 13.2. The molecule has 0 bridgehead atoms. The second-order valence-electron chi connectivity index (χ2n) is 6.63. The molecule has 0 radical (unpaired) electrons. The van der Waals surface area contributed by atoms with Crippen LogP contribution < -0.4 is 4.74 Å². The summed E-state index contributed by atoms with van der Waals surface area (Å²) in [6.07, 6.45) is 0.246. The van der Waals surface area contributed by atoms with Crippen LogP contribution in [0.5, 0.6) is 5.75 Å². The Labute approximate surface area is 117 Å². The largest absolute Gasteiger partial charge is 0.493 e. The van der Waals surface area contributed by atoms with Crippen molar-refractivity contribution in [3.05, 3.63) is 29.3 Å². The summed E-state index contributed by atoms with van der Waals surface area (Å²) in [5.41, 5.74) is 2.22. The third-order valence-corrected chi connectivity index (χ3v) is 3.19. The normalized spacial score (nSPS) is 13.7. The number of benzene rings is 1. The zero-order valence-electron chi connectivity index (χ0n) is 13.2. The molecule has 0 amide bonds. The molecular formula is C17H28O2. The molecule has 1 unspecified atom stereocenters. The van der Waals surface area contributed by atoms with Gasteiger partial charge in [0.1, 0.15) is 5.75 Å². The molecule has 1 N–H and O–H groups in total. The Balaban J connectivity index is 3.10. The Morgan fingerprint density at radius 2 is 1.84 bits per heavy atom. The molecule has 1 aromatic rings.